The van der Waals surface area contributed by atoms with Crippen LogP contribution in [0.5, 0.6) is 0 Å². The summed E-state index contributed by atoms with van der Waals surface area (Å²) in [5.41, 5.74) is 1.31. The van der Waals surface area contributed by atoms with Gasteiger partial charge >= 0.3 is 0 Å². The van der Waals surface area contributed by atoms with Crippen molar-refractivity contribution < 1.29 is 0 Å². The largest absolute Gasteiger partial charge is 0.109 e. The van der Waals surface area contributed by atoms with Crippen LogP contribution in [0.1, 0.15) is 12.0 Å². The SMILES string of the molecule is ClC(C#CBr)CCc1ccccc1. The highest BCUT2D eigenvalue weighted by atomic mass is 79.9. The highest BCUT2D eigenvalue weighted by Gasteiger charge is 1.99. The molecule has 0 N–H and O–H groups in total. The van der Waals surface area contributed by atoms with Crippen molar-refractivity contribution in [1.29, 1.82) is 0 Å². The van der Waals surface area contributed by atoms with Crippen molar-refractivity contribution in [2.24, 2.45) is 0 Å². The van der Waals surface area contributed by atoms with Gasteiger partial charge in [-0.25, -0.2) is 0 Å². The van der Waals surface area contributed by atoms with Gasteiger partial charge < -0.3 is 0 Å². The molecule has 0 saturated carbocycles. The van der Waals surface area contributed by atoms with Crippen LogP contribution in [0.25, 0.3) is 0 Å². The van der Waals surface area contributed by atoms with Gasteiger partial charge in [0.25, 0.3) is 0 Å². The maximum absolute atomic E-state index is 5.93. The minimum atomic E-state index is -0.0559. The lowest BCUT2D eigenvalue weighted by molar-refractivity contribution is 0.864. The molecule has 0 bridgehead atoms. The summed E-state index contributed by atoms with van der Waals surface area (Å²) in [5, 5.41) is -0.0559. The van der Waals surface area contributed by atoms with Gasteiger partial charge in [-0.2, -0.15) is 0 Å². The summed E-state index contributed by atoms with van der Waals surface area (Å²) in [6.07, 6.45) is 1.88. The van der Waals surface area contributed by atoms with Crippen LogP contribution in [-0.2, 0) is 6.42 Å². The number of aryl methyl sites for hydroxylation is 1. The van der Waals surface area contributed by atoms with Gasteiger partial charge in [0.1, 0.15) is 0 Å². The topological polar surface area (TPSA) is 0 Å². The minimum Gasteiger partial charge on any atom is -0.109 e. The number of hydrogen-bond acceptors (Lipinski definition) is 0. The van der Waals surface area contributed by atoms with E-state index in [1.807, 2.05) is 18.2 Å². The fourth-order valence-electron chi connectivity index (χ4n) is 1.07. The second-order valence-corrected chi connectivity index (χ2v) is 3.65. The number of halogens is 2. The van der Waals surface area contributed by atoms with E-state index >= 15 is 0 Å². The van der Waals surface area contributed by atoms with Gasteiger partial charge in [0.05, 0.1) is 5.38 Å². The fraction of sp³-hybridized carbons (Fsp3) is 0.273. The maximum Gasteiger partial charge on any atom is 0.0955 e. The van der Waals surface area contributed by atoms with Gasteiger partial charge in [-0.05, 0) is 23.2 Å². The van der Waals surface area contributed by atoms with Crippen molar-refractivity contribution in [2.75, 3.05) is 0 Å². The summed E-state index contributed by atoms with van der Waals surface area (Å²) < 4.78 is 0. The molecule has 0 nitrogen and oxygen atoms in total. The highest BCUT2D eigenvalue weighted by molar-refractivity contribution is 9.12. The molecule has 0 aliphatic carbocycles. The first-order valence-electron chi connectivity index (χ1n) is 4.12. The third-order valence-corrected chi connectivity index (χ3v) is 2.30. The van der Waals surface area contributed by atoms with E-state index < -0.39 is 0 Å². The smallest absolute Gasteiger partial charge is 0.0955 e. The summed E-state index contributed by atoms with van der Waals surface area (Å²) in [7, 11) is 0. The van der Waals surface area contributed by atoms with E-state index in [2.05, 4.69) is 38.8 Å². The Balaban J connectivity index is 2.38. The molecule has 1 atom stereocenters. The predicted octanol–water partition coefficient (Wildman–Crippen LogP) is 3.58. The predicted molar refractivity (Wildman–Crippen MR) is 61.1 cm³/mol. The molecule has 0 radical (unpaired) electrons. The molecule has 0 amide bonds. The van der Waals surface area contributed by atoms with E-state index in [0.717, 1.165) is 12.8 Å². The average Bonchev–Trinajstić information content (AvgIpc) is 2.17. The first-order chi connectivity index (χ1) is 6.33. The number of rotatable bonds is 3. The van der Waals surface area contributed by atoms with Gasteiger partial charge in [0, 0.05) is 15.9 Å². The third kappa shape index (κ3) is 4.36. The molecule has 13 heavy (non-hydrogen) atoms. The first-order valence-corrected chi connectivity index (χ1v) is 5.35. The molecule has 0 aliphatic heterocycles. The van der Waals surface area contributed by atoms with Gasteiger partial charge in [-0.15, -0.1) is 11.6 Å². The van der Waals surface area contributed by atoms with Gasteiger partial charge in [-0.1, -0.05) is 36.3 Å². The zero-order valence-corrected chi connectivity index (χ0v) is 9.48. The quantitative estimate of drug-likeness (QED) is 0.573. The number of benzene rings is 1. The van der Waals surface area contributed by atoms with Crippen LogP contribution >= 0.6 is 27.5 Å². The van der Waals surface area contributed by atoms with Crippen molar-refractivity contribution >= 4 is 27.5 Å². The monoisotopic (exact) mass is 256 g/mol. The summed E-state index contributed by atoms with van der Waals surface area (Å²) in [4.78, 5) is 2.63. The van der Waals surface area contributed by atoms with E-state index in [9.17, 15) is 0 Å². The Kier molecular flexibility index (Phi) is 4.97. The zero-order valence-electron chi connectivity index (χ0n) is 7.13. The van der Waals surface area contributed by atoms with Gasteiger partial charge in [-0.3, -0.25) is 0 Å². The number of hydrogen-bond donors (Lipinski definition) is 0. The van der Waals surface area contributed by atoms with Crippen LogP contribution in [0.3, 0.4) is 0 Å². The Hall–Kier alpha value is -0.450. The molecule has 68 valence electrons. The Labute approximate surface area is 92.4 Å². The summed E-state index contributed by atoms with van der Waals surface area (Å²) in [5.74, 6) is 2.85. The number of alkyl halides is 1. The van der Waals surface area contributed by atoms with E-state index in [4.69, 9.17) is 11.6 Å². The Morgan fingerprint density at radius 2 is 2.00 bits per heavy atom. The van der Waals surface area contributed by atoms with Crippen LogP contribution in [0.2, 0.25) is 0 Å². The summed E-state index contributed by atoms with van der Waals surface area (Å²) >= 11 is 8.96. The first kappa shape index (κ1) is 10.6. The van der Waals surface area contributed by atoms with Gasteiger partial charge in [0.15, 0.2) is 0 Å². The van der Waals surface area contributed by atoms with E-state index in [-0.39, 0.29) is 5.38 Å². The fourth-order valence-corrected chi connectivity index (χ4v) is 1.64. The molecule has 0 aliphatic rings. The standard InChI is InChI=1S/C11H10BrCl/c12-9-8-11(13)7-6-10-4-2-1-3-5-10/h1-5,11H,6-7H2. The molecule has 0 spiro atoms. The lowest BCUT2D eigenvalue weighted by Gasteiger charge is -2.01. The average molecular weight is 258 g/mol. The van der Waals surface area contributed by atoms with Crippen LogP contribution in [0, 0.1) is 10.8 Å². The normalized spacial score (nSPS) is 11.5. The van der Waals surface area contributed by atoms with Crippen LogP contribution in [0.15, 0.2) is 30.3 Å². The molecule has 1 unspecified atom stereocenters. The molecule has 1 aromatic carbocycles. The molecule has 2 heteroatoms. The molecule has 0 saturated heterocycles. The molecular formula is C11H10BrCl. The highest BCUT2D eigenvalue weighted by Crippen LogP contribution is 2.08. The zero-order chi connectivity index (χ0) is 9.52. The molecule has 1 rings (SSSR count). The van der Waals surface area contributed by atoms with Gasteiger partial charge in [0.2, 0.25) is 0 Å². The van der Waals surface area contributed by atoms with Crippen molar-refractivity contribution in [3.63, 3.8) is 0 Å². The van der Waals surface area contributed by atoms with Crippen LogP contribution in [0.4, 0.5) is 0 Å². The maximum atomic E-state index is 5.93. The Morgan fingerprint density at radius 3 is 2.62 bits per heavy atom. The van der Waals surface area contributed by atoms with Crippen molar-refractivity contribution in [3.05, 3.63) is 35.9 Å². The van der Waals surface area contributed by atoms with Crippen molar-refractivity contribution in [2.45, 2.75) is 18.2 Å². The second kappa shape index (κ2) is 6.07. The molecule has 0 heterocycles. The van der Waals surface area contributed by atoms with Crippen molar-refractivity contribution in [3.8, 4) is 10.8 Å². The molecule has 0 fully saturated rings. The van der Waals surface area contributed by atoms with E-state index in [0.29, 0.717) is 0 Å². The van der Waals surface area contributed by atoms with E-state index in [1.54, 1.807) is 0 Å². The Bertz CT molecular complexity index is 297. The molecular weight excluding hydrogens is 247 g/mol. The third-order valence-electron chi connectivity index (χ3n) is 1.74. The summed E-state index contributed by atoms with van der Waals surface area (Å²) in [6, 6.07) is 10.3. The minimum absolute atomic E-state index is 0.0559. The summed E-state index contributed by atoms with van der Waals surface area (Å²) in [6.45, 7) is 0. The Morgan fingerprint density at radius 1 is 1.31 bits per heavy atom. The lowest BCUT2D eigenvalue weighted by Crippen LogP contribution is -1.96. The molecule has 1 aromatic rings. The second-order valence-electron chi connectivity index (χ2n) is 2.73. The molecule has 0 aromatic heterocycles. The van der Waals surface area contributed by atoms with Crippen molar-refractivity contribution in [1.82, 2.24) is 0 Å². The van der Waals surface area contributed by atoms with Crippen LogP contribution in [-0.4, -0.2) is 5.38 Å². The van der Waals surface area contributed by atoms with E-state index in [1.165, 1.54) is 5.56 Å². The van der Waals surface area contributed by atoms with Crippen LogP contribution < -0.4 is 0 Å². The lowest BCUT2D eigenvalue weighted by atomic mass is 10.1.